The van der Waals surface area contributed by atoms with Crippen molar-refractivity contribution in [2.45, 2.75) is 82.1 Å². The van der Waals surface area contributed by atoms with Crippen molar-refractivity contribution in [2.75, 3.05) is 39.4 Å². The molecule has 0 aromatic carbocycles. The van der Waals surface area contributed by atoms with Crippen molar-refractivity contribution in [1.29, 1.82) is 0 Å². The van der Waals surface area contributed by atoms with Crippen molar-refractivity contribution in [3.63, 3.8) is 0 Å². The van der Waals surface area contributed by atoms with Gasteiger partial charge >= 0.3 is 21.7 Å². The smallest absolute Gasteiger partial charge is 0.854 e. The molecule has 0 aromatic heterocycles. The number of amides is 2. The molecule has 0 aromatic rings. The van der Waals surface area contributed by atoms with Crippen LogP contribution in [0.3, 0.4) is 0 Å². The Labute approximate surface area is 217 Å². The van der Waals surface area contributed by atoms with E-state index in [1.54, 1.807) is 9.80 Å². The number of hydrogen-bond donors (Lipinski definition) is 0. The molecular weight excluding hydrogens is 460 g/mol. The maximum atomic E-state index is 11.1. The van der Waals surface area contributed by atoms with Gasteiger partial charge in [0, 0.05) is 26.2 Å². The first-order chi connectivity index (χ1) is 14.8. The molecule has 192 valence electrons. The molecule has 0 rings (SSSR count). The van der Waals surface area contributed by atoms with E-state index in [0.717, 1.165) is 0 Å². The fourth-order valence-corrected chi connectivity index (χ4v) is 1.80. The zero-order valence-corrected chi connectivity index (χ0v) is 24.2. The SMILES string of the molecule is CC(C)C[O-].CC(C)C[O-].CCN(CC)C(=O)CC(C)=O.CCN(CC)C(=O)CC(C)=O.[Ti+4]. The number of carbonyl (C=O) groups is 4. The first-order valence-corrected chi connectivity index (χ1v) is 11.5. The quantitative estimate of drug-likeness (QED) is 0.327. The van der Waals surface area contributed by atoms with Crippen molar-refractivity contribution in [3.05, 3.63) is 0 Å². The molecule has 0 saturated heterocycles. The van der Waals surface area contributed by atoms with Gasteiger partial charge in [0.15, 0.2) is 0 Å². The Bertz CT molecular complexity index is 447. The fraction of sp³-hybridized carbons (Fsp3) is 0.833. The summed E-state index contributed by atoms with van der Waals surface area (Å²) in [5.74, 6) is 0.388. The summed E-state index contributed by atoms with van der Waals surface area (Å²) in [7, 11) is 0. The van der Waals surface area contributed by atoms with E-state index in [-0.39, 0.29) is 71.2 Å². The Morgan fingerprint density at radius 3 is 0.879 bits per heavy atom. The molecule has 0 fully saturated rings. The Balaban J connectivity index is -0.000000112. The third-order valence-corrected chi connectivity index (χ3v) is 3.70. The second-order valence-electron chi connectivity index (χ2n) is 8.01. The van der Waals surface area contributed by atoms with Crippen LogP contribution >= 0.6 is 0 Å². The molecule has 33 heavy (non-hydrogen) atoms. The molecule has 2 amide bonds. The Morgan fingerprint density at radius 1 is 0.606 bits per heavy atom. The largest absolute Gasteiger partial charge is 4.00 e. The molecule has 0 unspecified atom stereocenters. The molecule has 0 N–H and O–H groups in total. The first-order valence-electron chi connectivity index (χ1n) is 11.5. The van der Waals surface area contributed by atoms with Gasteiger partial charge in [0.25, 0.3) is 0 Å². The summed E-state index contributed by atoms with van der Waals surface area (Å²) in [5.41, 5.74) is 0. The summed E-state index contributed by atoms with van der Waals surface area (Å²) in [6.45, 7) is 21.0. The molecule has 9 heteroatoms. The Kier molecular flexibility index (Phi) is 36.9. The van der Waals surface area contributed by atoms with E-state index in [0.29, 0.717) is 38.0 Å². The second-order valence-corrected chi connectivity index (χ2v) is 8.01. The summed E-state index contributed by atoms with van der Waals surface area (Å²) in [6, 6.07) is 0. The number of hydrogen-bond acceptors (Lipinski definition) is 6. The molecule has 8 nitrogen and oxygen atoms in total. The zero-order valence-electron chi connectivity index (χ0n) is 22.7. The van der Waals surface area contributed by atoms with Crippen LogP contribution in [0.1, 0.15) is 82.1 Å². The van der Waals surface area contributed by atoms with Gasteiger partial charge in [-0.15, -0.1) is 13.2 Å². The van der Waals surface area contributed by atoms with Crippen molar-refractivity contribution >= 4 is 23.4 Å². The van der Waals surface area contributed by atoms with E-state index in [2.05, 4.69) is 0 Å². The molecule has 0 atom stereocenters. The summed E-state index contributed by atoms with van der Waals surface area (Å²) in [4.78, 5) is 46.6. The van der Waals surface area contributed by atoms with Gasteiger partial charge in [0.05, 0.1) is 12.8 Å². The van der Waals surface area contributed by atoms with E-state index < -0.39 is 0 Å². The molecule has 0 aliphatic carbocycles. The summed E-state index contributed by atoms with van der Waals surface area (Å²) < 4.78 is 0. The normalized spacial score (nSPS) is 9.15. The first kappa shape index (κ1) is 42.1. The summed E-state index contributed by atoms with van der Waals surface area (Å²) >= 11 is 0. The molecule has 0 heterocycles. The van der Waals surface area contributed by atoms with Crippen LogP contribution in [-0.4, -0.2) is 72.6 Å². The van der Waals surface area contributed by atoms with Gasteiger partial charge < -0.3 is 20.0 Å². The third kappa shape index (κ3) is 35.7. The molecule has 0 aliphatic rings. The van der Waals surface area contributed by atoms with Crippen LogP contribution in [0.4, 0.5) is 0 Å². The third-order valence-electron chi connectivity index (χ3n) is 3.70. The standard InChI is InChI=1S/2C8H15NO2.2C4H9O.Ti/c2*1-4-9(5-2)8(11)6-7(3)10;2*1-4(2)3-5;/h2*4-6H2,1-3H3;2*4H,3H2,1-2H3;/q;;2*-1;+4. The van der Waals surface area contributed by atoms with Crippen LogP contribution in [0.25, 0.3) is 0 Å². The molecule has 0 radical (unpaired) electrons. The minimum absolute atomic E-state index is 0. The molecule has 0 spiro atoms. The van der Waals surface area contributed by atoms with Crippen LogP contribution in [0, 0.1) is 11.8 Å². The average molecular weight is 509 g/mol. The molecule has 0 bridgehead atoms. The van der Waals surface area contributed by atoms with Crippen LogP contribution in [0.15, 0.2) is 0 Å². The zero-order chi connectivity index (χ0) is 26.3. The molecule has 0 saturated carbocycles. The topological polar surface area (TPSA) is 121 Å². The van der Waals surface area contributed by atoms with E-state index in [4.69, 9.17) is 0 Å². The van der Waals surface area contributed by atoms with Crippen LogP contribution in [0.5, 0.6) is 0 Å². The van der Waals surface area contributed by atoms with Crippen molar-refractivity contribution in [2.24, 2.45) is 11.8 Å². The van der Waals surface area contributed by atoms with Crippen molar-refractivity contribution in [1.82, 2.24) is 9.80 Å². The predicted octanol–water partition coefficient (Wildman–Crippen LogP) is 1.67. The Hall–Kier alpha value is -1.09. The minimum atomic E-state index is -0.0677. The van der Waals surface area contributed by atoms with E-state index in [1.165, 1.54) is 13.8 Å². The van der Waals surface area contributed by atoms with Crippen molar-refractivity contribution < 1.29 is 51.1 Å². The second kappa shape index (κ2) is 28.9. The number of rotatable bonds is 10. The van der Waals surface area contributed by atoms with Gasteiger partial charge in [-0.2, -0.15) is 0 Å². The van der Waals surface area contributed by atoms with Gasteiger partial charge in [-0.05, 0) is 41.5 Å². The number of nitrogens with zero attached hydrogens (tertiary/aromatic N) is 2. The number of ketones is 2. The Morgan fingerprint density at radius 2 is 0.788 bits per heavy atom. The van der Waals surface area contributed by atoms with Crippen LogP contribution in [-0.2, 0) is 40.9 Å². The summed E-state index contributed by atoms with van der Waals surface area (Å²) in [5, 5.41) is 19.3. The predicted molar refractivity (Wildman–Crippen MR) is 126 cm³/mol. The van der Waals surface area contributed by atoms with E-state index in [1.807, 2.05) is 55.4 Å². The number of Topliss-reactive ketones (excluding diaryl/α,β-unsaturated/α-hetero) is 2. The van der Waals surface area contributed by atoms with Gasteiger partial charge in [0.1, 0.15) is 11.6 Å². The number of carbonyl (C=O) groups excluding carboxylic acids is 4. The van der Waals surface area contributed by atoms with Crippen molar-refractivity contribution in [3.8, 4) is 0 Å². The van der Waals surface area contributed by atoms with Gasteiger partial charge in [-0.3, -0.25) is 19.2 Å². The maximum absolute atomic E-state index is 11.1. The molecular formula is C24H48N2O6Ti+2. The average Bonchev–Trinajstić information content (AvgIpc) is 2.70. The summed E-state index contributed by atoms with van der Waals surface area (Å²) in [6.07, 6.45) is 0.0867. The van der Waals surface area contributed by atoms with Gasteiger partial charge in [-0.1, -0.05) is 39.5 Å². The minimum Gasteiger partial charge on any atom is -0.854 e. The van der Waals surface area contributed by atoms with E-state index >= 15 is 0 Å². The van der Waals surface area contributed by atoms with E-state index in [9.17, 15) is 29.4 Å². The maximum Gasteiger partial charge on any atom is 4.00 e. The van der Waals surface area contributed by atoms with Gasteiger partial charge in [-0.25, -0.2) is 0 Å². The monoisotopic (exact) mass is 508 g/mol. The van der Waals surface area contributed by atoms with Gasteiger partial charge in [0.2, 0.25) is 11.8 Å². The van der Waals surface area contributed by atoms with Crippen LogP contribution < -0.4 is 10.2 Å². The fourth-order valence-electron chi connectivity index (χ4n) is 1.80. The van der Waals surface area contributed by atoms with Crippen LogP contribution in [0.2, 0.25) is 0 Å². The molecule has 0 aliphatic heterocycles.